The molecule has 0 unspecified atom stereocenters. The normalized spacial score (nSPS) is 10.6. The summed E-state index contributed by atoms with van der Waals surface area (Å²) in [6.07, 6.45) is 0. The van der Waals surface area contributed by atoms with E-state index in [9.17, 15) is 0 Å². The second-order valence-electron chi connectivity index (χ2n) is 9.03. The van der Waals surface area contributed by atoms with E-state index in [0.29, 0.717) is 0 Å². The Bertz CT molecular complexity index is 1460. The van der Waals surface area contributed by atoms with Crippen LogP contribution in [0.4, 0.5) is 0 Å². The molecule has 0 radical (unpaired) electrons. The SMILES string of the molecule is c1ccc(-c2ccc(Oc3ccc(-c4ccc(Oc5ccc(-c6ccccc6)cc5)cc4)cc3)cc2)cc1. The highest BCUT2D eigenvalue weighted by Crippen LogP contribution is 2.30. The van der Waals surface area contributed by atoms with Gasteiger partial charge in [0, 0.05) is 0 Å². The van der Waals surface area contributed by atoms with Crippen LogP contribution in [0, 0.1) is 0 Å². The Morgan fingerprint density at radius 3 is 0.658 bits per heavy atom. The van der Waals surface area contributed by atoms with E-state index in [1.165, 1.54) is 22.3 Å². The lowest BCUT2D eigenvalue weighted by Crippen LogP contribution is -1.86. The van der Waals surface area contributed by atoms with Gasteiger partial charge in [0.15, 0.2) is 0 Å². The zero-order chi connectivity index (χ0) is 25.6. The van der Waals surface area contributed by atoms with Gasteiger partial charge in [0.25, 0.3) is 0 Å². The fourth-order valence-electron chi connectivity index (χ4n) is 4.40. The molecule has 0 bridgehead atoms. The Labute approximate surface area is 223 Å². The van der Waals surface area contributed by atoms with E-state index in [-0.39, 0.29) is 0 Å². The molecule has 0 spiro atoms. The van der Waals surface area contributed by atoms with Gasteiger partial charge in [-0.05, 0) is 81.9 Å². The highest BCUT2D eigenvalue weighted by molar-refractivity contribution is 5.67. The predicted molar refractivity (Wildman–Crippen MR) is 156 cm³/mol. The molecule has 0 fully saturated rings. The standard InChI is InChI=1S/C36H26O2/c1-3-7-27(8-4-1)29-11-19-33(20-12-29)37-35-23-15-31(16-24-35)32-17-25-36(26-18-32)38-34-21-13-30(14-22-34)28-9-5-2-6-10-28/h1-26H. The van der Waals surface area contributed by atoms with Gasteiger partial charge in [-0.3, -0.25) is 0 Å². The van der Waals surface area contributed by atoms with Crippen LogP contribution in [-0.2, 0) is 0 Å². The summed E-state index contributed by atoms with van der Waals surface area (Å²) in [4.78, 5) is 0. The fraction of sp³-hybridized carbons (Fsp3) is 0. The van der Waals surface area contributed by atoms with Crippen LogP contribution in [0.15, 0.2) is 158 Å². The van der Waals surface area contributed by atoms with Crippen molar-refractivity contribution in [1.29, 1.82) is 0 Å². The van der Waals surface area contributed by atoms with Crippen molar-refractivity contribution in [3.63, 3.8) is 0 Å². The van der Waals surface area contributed by atoms with Crippen LogP contribution in [0.5, 0.6) is 23.0 Å². The van der Waals surface area contributed by atoms with Crippen LogP contribution >= 0.6 is 0 Å². The lowest BCUT2D eigenvalue weighted by molar-refractivity contribution is 0.482. The minimum Gasteiger partial charge on any atom is -0.457 e. The molecule has 0 aliphatic carbocycles. The van der Waals surface area contributed by atoms with Gasteiger partial charge in [-0.1, -0.05) is 109 Å². The minimum absolute atomic E-state index is 0.806. The van der Waals surface area contributed by atoms with Crippen molar-refractivity contribution in [2.45, 2.75) is 0 Å². The Kier molecular flexibility index (Phi) is 6.69. The van der Waals surface area contributed by atoms with E-state index in [1.54, 1.807) is 0 Å². The molecule has 6 aromatic carbocycles. The van der Waals surface area contributed by atoms with Gasteiger partial charge < -0.3 is 9.47 Å². The van der Waals surface area contributed by atoms with Gasteiger partial charge in [0.05, 0.1) is 0 Å². The molecule has 6 aromatic rings. The van der Waals surface area contributed by atoms with Crippen molar-refractivity contribution < 1.29 is 9.47 Å². The molecule has 0 atom stereocenters. The molecule has 0 N–H and O–H groups in total. The maximum atomic E-state index is 6.06. The van der Waals surface area contributed by atoms with Crippen molar-refractivity contribution >= 4 is 0 Å². The first kappa shape index (κ1) is 23.3. The highest BCUT2D eigenvalue weighted by Gasteiger charge is 2.04. The predicted octanol–water partition coefficient (Wildman–Crippen LogP) is 10.3. The molecule has 0 aliphatic rings. The smallest absolute Gasteiger partial charge is 0.127 e. The van der Waals surface area contributed by atoms with Gasteiger partial charge in [0.1, 0.15) is 23.0 Å². The maximum Gasteiger partial charge on any atom is 0.127 e. The lowest BCUT2D eigenvalue weighted by Gasteiger charge is -2.10. The quantitative estimate of drug-likeness (QED) is 0.222. The average molecular weight is 491 g/mol. The molecule has 0 heterocycles. The lowest BCUT2D eigenvalue weighted by atomic mass is 10.1. The largest absolute Gasteiger partial charge is 0.457 e. The summed E-state index contributed by atoms with van der Waals surface area (Å²) in [7, 11) is 0. The van der Waals surface area contributed by atoms with Gasteiger partial charge in [-0.25, -0.2) is 0 Å². The number of ether oxygens (including phenoxy) is 2. The average Bonchev–Trinajstić information content (AvgIpc) is 3.00. The van der Waals surface area contributed by atoms with E-state index in [0.717, 1.165) is 34.1 Å². The minimum atomic E-state index is 0.806. The monoisotopic (exact) mass is 490 g/mol. The van der Waals surface area contributed by atoms with Crippen molar-refractivity contribution in [2.24, 2.45) is 0 Å². The van der Waals surface area contributed by atoms with Crippen LogP contribution in [0.3, 0.4) is 0 Å². The zero-order valence-corrected chi connectivity index (χ0v) is 20.8. The van der Waals surface area contributed by atoms with Crippen molar-refractivity contribution in [1.82, 2.24) is 0 Å². The van der Waals surface area contributed by atoms with Crippen LogP contribution < -0.4 is 9.47 Å². The van der Waals surface area contributed by atoms with Crippen LogP contribution in [0.2, 0.25) is 0 Å². The summed E-state index contributed by atoms with van der Waals surface area (Å²) in [5, 5.41) is 0. The molecule has 0 aliphatic heterocycles. The Balaban J connectivity index is 1.08. The Morgan fingerprint density at radius 1 is 0.211 bits per heavy atom. The van der Waals surface area contributed by atoms with Crippen molar-refractivity contribution in [3.05, 3.63) is 158 Å². The van der Waals surface area contributed by atoms with Crippen molar-refractivity contribution in [3.8, 4) is 56.4 Å². The van der Waals surface area contributed by atoms with Crippen molar-refractivity contribution in [2.75, 3.05) is 0 Å². The second-order valence-corrected chi connectivity index (χ2v) is 9.03. The van der Waals surface area contributed by atoms with E-state index < -0.39 is 0 Å². The summed E-state index contributed by atoms with van der Waals surface area (Å²) in [5.74, 6) is 3.24. The highest BCUT2D eigenvalue weighted by atomic mass is 16.5. The van der Waals surface area contributed by atoms with E-state index in [4.69, 9.17) is 9.47 Å². The first-order valence-electron chi connectivity index (χ1n) is 12.7. The summed E-state index contributed by atoms with van der Waals surface area (Å²) in [5.41, 5.74) is 6.97. The summed E-state index contributed by atoms with van der Waals surface area (Å²) in [6.45, 7) is 0. The molecule has 38 heavy (non-hydrogen) atoms. The molecule has 0 saturated heterocycles. The third-order valence-electron chi connectivity index (χ3n) is 6.44. The molecule has 0 saturated carbocycles. The molecule has 0 aromatic heterocycles. The number of hydrogen-bond donors (Lipinski definition) is 0. The van der Waals surface area contributed by atoms with E-state index in [2.05, 4.69) is 72.8 Å². The molecule has 2 nitrogen and oxygen atoms in total. The van der Waals surface area contributed by atoms with Crippen LogP contribution in [0.25, 0.3) is 33.4 Å². The topological polar surface area (TPSA) is 18.5 Å². The van der Waals surface area contributed by atoms with Crippen LogP contribution in [0.1, 0.15) is 0 Å². The number of rotatable bonds is 7. The maximum absolute atomic E-state index is 6.06. The number of benzene rings is 6. The van der Waals surface area contributed by atoms with Gasteiger partial charge >= 0.3 is 0 Å². The summed E-state index contributed by atoms with van der Waals surface area (Å²) >= 11 is 0. The second kappa shape index (κ2) is 10.9. The zero-order valence-electron chi connectivity index (χ0n) is 20.8. The first-order chi connectivity index (χ1) is 18.8. The molecular weight excluding hydrogens is 464 g/mol. The third-order valence-corrected chi connectivity index (χ3v) is 6.44. The van der Waals surface area contributed by atoms with Gasteiger partial charge in [-0.15, -0.1) is 0 Å². The first-order valence-corrected chi connectivity index (χ1v) is 12.7. The summed E-state index contributed by atoms with van der Waals surface area (Å²) < 4.78 is 12.1. The third kappa shape index (κ3) is 5.50. The molecule has 2 heteroatoms. The fourth-order valence-corrected chi connectivity index (χ4v) is 4.40. The van der Waals surface area contributed by atoms with Crippen LogP contribution in [-0.4, -0.2) is 0 Å². The molecule has 182 valence electrons. The van der Waals surface area contributed by atoms with E-state index in [1.807, 2.05) is 84.9 Å². The number of hydrogen-bond acceptors (Lipinski definition) is 2. The molecule has 0 amide bonds. The van der Waals surface area contributed by atoms with Gasteiger partial charge in [0.2, 0.25) is 0 Å². The Morgan fingerprint density at radius 2 is 0.421 bits per heavy atom. The van der Waals surface area contributed by atoms with E-state index >= 15 is 0 Å². The Hall–Kier alpha value is -5.08. The van der Waals surface area contributed by atoms with Gasteiger partial charge in [-0.2, -0.15) is 0 Å². The molecular formula is C36H26O2. The molecule has 6 rings (SSSR count). The summed E-state index contributed by atoms with van der Waals surface area (Å²) in [6, 6.07) is 53.3.